The quantitative estimate of drug-likeness (QED) is 0.496. The number of hydrogen-bond acceptors (Lipinski definition) is 3. The molecule has 1 rings (SSSR count). The Labute approximate surface area is 103 Å². The first-order chi connectivity index (χ1) is 8.03. The molecule has 0 aromatic heterocycles. The van der Waals surface area contributed by atoms with Gasteiger partial charge >= 0.3 is 0 Å². The highest BCUT2D eigenvalue weighted by Crippen LogP contribution is 2.36. The third-order valence-corrected chi connectivity index (χ3v) is 2.86. The summed E-state index contributed by atoms with van der Waals surface area (Å²) in [6.45, 7) is 10.7. The van der Waals surface area contributed by atoms with E-state index in [0.29, 0.717) is 25.8 Å². The number of carbonyl (C=O) groups excluding carboxylic acids is 1. The molecule has 1 aliphatic carbocycles. The van der Waals surface area contributed by atoms with Gasteiger partial charge in [-0.3, -0.25) is 9.80 Å². The van der Waals surface area contributed by atoms with E-state index >= 15 is 0 Å². The summed E-state index contributed by atoms with van der Waals surface area (Å²) in [4.78, 5) is 12.0. The fourth-order valence-electron chi connectivity index (χ4n) is 1.44. The highest BCUT2D eigenvalue weighted by molar-refractivity contribution is 5.87. The van der Waals surface area contributed by atoms with Crippen molar-refractivity contribution in [3.8, 4) is 0 Å². The van der Waals surface area contributed by atoms with Crippen LogP contribution in [-0.4, -0.2) is 34.7 Å². The van der Waals surface area contributed by atoms with Gasteiger partial charge in [-0.1, -0.05) is 31.7 Å². The Bertz CT molecular complexity index is 309. The second-order valence-electron chi connectivity index (χ2n) is 4.51. The van der Waals surface area contributed by atoms with Crippen molar-refractivity contribution < 1.29 is 9.90 Å². The molecule has 0 heterocycles. The van der Waals surface area contributed by atoms with Crippen LogP contribution in [-0.2, 0) is 4.79 Å². The van der Waals surface area contributed by atoms with E-state index in [1.54, 1.807) is 6.08 Å². The lowest BCUT2D eigenvalue weighted by atomic mass is 10.2. The molecule has 0 saturated heterocycles. The molecule has 0 bridgehead atoms. The number of carbonyl (C=O) groups is 1. The van der Waals surface area contributed by atoms with Crippen molar-refractivity contribution in [3.63, 3.8) is 0 Å². The average molecular weight is 238 g/mol. The van der Waals surface area contributed by atoms with Crippen LogP contribution in [0.15, 0.2) is 24.8 Å². The first kappa shape index (κ1) is 13.9. The van der Waals surface area contributed by atoms with Crippen LogP contribution >= 0.6 is 0 Å². The van der Waals surface area contributed by atoms with Crippen molar-refractivity contribution in [2.24, 2.45) is 0 Å². The van der Waals surface area contributed by atoms with E-state index in [0.717, 1.165) is 18.5 Å². The molecule has 4 nitrogen and oxygen atoms in total. The van der Waals surface area contributed by atoms with Gasteiger partial charge in [0.25, 0.3) is 5.91 Å². The molecule has 2 N–H and O–H groups in total. The number of nitrogens with one attached hydrogen (secondary N) is 1. The van der Waals surface area contributed by atoms with Crippen LogP contribution in [0, 0.1) is 0 Å². The van der Waals surface area contributed by atoms with Gasteiger partial charge in [0.2, 0.25) is 0 Å². The van der Waals surface area contributed by atoms with E-state index in [-0.39, 0.29) is 5.91 Å². The lowest BCUT2D eigenvalue weighted by Crippen LogP contribution is -2.49. The van der Waals surface area contributed by atoms with Gasteiger partial charge in [-0.2, -0.15) is 0 Å². The van der Waals surface area contributed by atoms with Crippen molar-refractivity contribution in [3.05, 3.63) is 24.8 Å². The van der Waals surface area contributed by atoms with Crippen LogP contribution in [0.3, 0.4) is 0 Å². The van der Waals surface area contributed by atoms with Gasteiger partial charge < -0.3 is 5.11 Å². The minimum absolute atomic E-state index is 0.220. The average Bonchev–Trinajstić information content (AvgIpc) is 3.07. The zero-order valence-corrected chi connectivity index (χ0v) is 10.5. The number of hydrazine groups is 1. The van der Waals surface area contributed by atoms with E-state index in [2.05, 4.69) is 18.6 Å². The van der Waals surface area contributed by atoms with Gasteiger partial charge in [-0.15, -0.1) is 0 Å². The van der Waals surface area contributed by atoms with E-state index in [1.165, 1.54) is 5.01 Å². The molecule has 0 atom stereocenters. The largest absolute Gasteiger partial charge is 0.380 e. The summed E-state index contributed by atoms with van der Waals surface area (Å²) in [6, 6.07) is 0. The number of allylic oxidation sites excluding steroid dienone is 1. The molecule has 4 heteroatoms. The van der Waals surface area contributed by atoms with Crippen LogP contribution in [0.2, 0.25) is 0 Å². The summed E-state index contributed by atoms with van der Waals surface area (Å²) >= 11 is 0. The minimum Gasteiger partial charge on any atom is -0.380 e. The third kappa shape index (κ3) is 3.98. The number of amides is 1. The monoisotopic (exact) mass is 238 g/mol. The SMILES string of the molecule is C=CC(=C)CCN(NCCC)C(=O)C1(O)CC1. The molecule has 0 radical (unpaired) electrons. The zero-order valence-electron chi connectivity index (χ0n) is 10.5. The highest BCUT2D eigenvalue weighted by atomic mass is 16.3. The van der Waals surface area contributed by atoms with E-state index in [4.69, 9.17) is 0 Å². The number of nitrogens with zero attached hydrogens (tertiary/aromatic N) is 1. The lowest BCUT2D eigenvalue weighted by Gasteiger charge is -2.25. The van der Waals surface area contributed by atoms with Crippen LogP contribution in [0.4, 0.5) is 0 Å². The predicted molar refractivity (Wildman–Crippen MR) is 68.1 cm³/mol. The molecule has 0 spiro atoms. The maximum absolute atomic E-state index is 12.0. The fraction of sp³-hybridized carbons (Fsp3) is 0.615. The first-order valence-electron chi connectivity index (χ1n) is 6.11. The molecule has 1 amide bonds. The number of hydrogen-bond donors (Lipinski definition) is 2. The Kier molecular flexibility index (Phi) is 4.90. The van der Waals surface area contributed by atoms with Gasteiger partial charge in [0, 0.05) is 13.1 Å². The molecule has 0 aliphatic heterocycles. The molecule has 1 fully saturated rings. The predicted octanol–water partition coefficient (Wildman–Crippen LogP) is 1.39. The molecular weight excluding hydrogens is 216 g/mol. The summed E-state index contributed by atoms with van der Waals surface area (Å²) < 4.78 is 0. The molecule has 1 saturated carbocycles. The Hall–Kier alpha value is -1.13. The molecule has 1 aliphatic rings. The van der Waals surface area contributed by atoms with E-state index in [1.807, 2.05) is 6.92 Å². The standard InChI is InChI=1S/C13H22N2O2/c1-4-9-14-15(10-6-11(3)5-2)12(16)13(17)7-8-13/h5,14,17H,2-4,6-10H2,1H3. The Balaban J connectivity index is 2.50. The summed E-state index contributed by atoms with van der Waals surface area (Å²) in [5.74, 6) is -0.220. The van der Waals surface area contributed by atoms with Crippen molar-refractivity contribution in [1.29, 1.82) is 0 Å². The second-order valence-corrected chi connectivity index (χ2v) is 4.51. The van der Waals surface area contributed by atoms with Crippen LogP contribution in [0.1, 0.15) is 32.6 Å². The maximum Gasteiger partial charge on any atom is 0.268 e. The van der Waals surface area contributed by atoms with Crippen LogP contribution < -0.4 is 5.43 Å². The van der Waals surface area contributed by atoms with E-state index in [9.17, 15) is 9.90 Å². The molecule has 0 aromatic rings. The van der Waals surface area contributed by atoms with Crippen molar-refractivity contribution in [2.45, 2.75) is 38.2 Å². The Morgan fingerprint density at radius 2 is 2.24 bits per heavy atom. The Morgan fingerprint density at radius 3 is 2.71 bits per heavy atom. The zero-order chi connectivity index (χ0) is 12.9. The normalized spacial score (nSPS) is 16.4. The van der Waals surface area contributed by atoms with Crippen LogP contribution in [0.25, 0.3) is 0 Å². The topological polar surface area (TPSA) is 52.6 Å². The summed E-state index contributed by atoms with van der Waals surface area (Å²) in [7, 11) is 0. The summed E-state index contributed by atoms with van der Waals surface area (Å²) in [5, 5.41) is 11.3. The Morgan fingerprint density at radius 1 is 1.59 bits per heavy atom. The lowest BCUT2D eigenvalue weighted by molar-refractivity contribution is -0.145. The number of rotatable bonds is 8. The summed E-state index contributed by atoms with van der Waals surface area (Å²) in [5.41, 5.74) is 2.82. The van der Waals surface area contributed by atoms with Gasteiger partial charge in [0.1, 0.15) is 5.60 Å². The minimum atomic E-state index is -1.11. The summed E-state index contributed by atoms with van der Waals surface area (Å²) in [6.07, 6.45) is 4.43. The van der Waals surface area contributed by atoms with Crippen molar-refractivity contribution in [2.75, 3.05) is 13.1 Å². The van der Waals surface area contributed by atoms with Crippen LogP contribution in [0.5, 0.6) is 0 Å². The van der Waals surface area contributed by atoms with Crippen molar-refractivity contribution in [1.82, 2.24) is 10.4 Å². The maximum atomic E-state index is 12.0. The van der Waals surface area contributed by atoms with Gasteiger partial charge in [-0.25, -0.2) is 5.43 Å². The van der Waals surface area contributed by atoms with E-state index < -0.39 is 5.60 Å². The molecule has 17 heavy (non-hydrogen) atoms. The molecule has 0 aromatic carbocycles. The van der Waals surface area contributed by atoms with Gasteiger partial charge in [0.15, 0.2) is 0 Å². The highest BCUT2D eigenvalue weighted by Gasteiger charge is 2.50. The molecular formula is C13H22N2O2. The molecule has 96 valence electrons. The van der Waals surface area contributed by atoms with Gasteiger partial charge in [0.05, 0.1) is 0 Å². The first-order valence-corrected chi connectivity index (χ1v) is 6.11. The third-order valence-electron chi connectivity index (χ3n) is 2.86. The smallest absolute Gasteiger partial charge is 0.268 e. The van der Waals surface area contributed by atoms with Crippen molar-refractivity contribution >= 4 is 5.91 Å². The van der Waals surface area contributed by atoms with Gasteiger partial charge in [-0.05, 0) is 25.7 Å². The fourth-order valence-corrected chi connectivity index (χ4v) is 1.44. The number of aliphatic hydroxyl groups is 1. The second kappa shape index (κ2) is 5.98. The molecule has 0 unspecified atom stereocenters.